The van der Waals surface area contributed by atoms with Crippen molar-refractivity contribution in [2.24, 2.45) is 0 Å². The summed E-state index contributed by atoms with van der Waals surface area (Å²) in [5.74, 6) is -1.16. The third-order valence-corrected chi connectivity index (χ3v) is 4.77. The Hall–Kier alpha value is -3.10. The van der Waals surface area contributed by atoms with E-state index in [2.05, 4.69) is 10.6 Å². The van der Waals surface area contributed by atoms with E-state index in [1.807, 2.05) is 13.8 Å². The maximum absolute atomic E-state index is 12.6. The lowest BCUT2D eigenvalue weighted by molar-refractivity contribution is -0.155. The van der Waals surface area contributed by atoms with Gasteiger partial charge in [-0.05, 0) is 51.5 Å². The van der Waals surface area contributed by atoms with E-state index in [-0.39, 0.29) is 0 Å². The fourth-order valence-electron chi connectivity index (χ4n) is 3.05. The summed E-state index contributed by atoms with van der Waals surface area (Å²) in [4.78, 5) is 50.0. The van der Waals surface area contributed by atoms with Crippen LogP contribution in [0, 0.1) is 0 Å². The van der Waals surface area contributed by atoms with E-state index < -0.39 is 42.0 Å². The number of unbranched alkanes of at least 4 members (excludes halogenated alkanes) is 1. The molecule has 4 amide bonds. The van der Waals surface area contributed by atoms with Gasteiger partial charge in [0.05, 0.1) is 6.61 Å². The molecule has 0 spiro atoms. The Bertz CT molecular complexity index is 794. The minimum absolute atomic E-state index is 0.468. The van der Waals surface area contributed by atoms with Gasteiger partial charge in [0.15, 0.2) is 6.10 Å². The largest absolute Gasteiger partial charge is 0.494 e. The molecule has 9 nitrogen and oxygen atoms in total. The van der Waals surface area contributed by atoms with Crippen LogP contribution in [0.4, 0.5) is 10.5 Å². The summed E-state index contributed by atoms with van der Waals surface area (Å²) in [6, 6.07) is 6.12. The summed E-state index contributed by atoms with van der Waals surface area (Å²) in [5, 5.41) is 5.26. The number of hydrogen-bond donors (Lipinski definition) is 2. The van der Waals surface area contributed by atoms with Gasteiger partial charge in [0.25, 0.3) is 11.8 Å². The smallest absolute Gasteiger partial charge is 0.327 e. The van der Waals surface area contributed by atoms with Gasteiger partial charge in [-0.1, -0.05) is 19.8 Å². The van der Waals surface area contributed by atoms with Crippen LogP contribution in [0.3, 0.4) is 0 Å². The van der Waals surface area contributed by atoms with Crippen molar-refractivity contribution in [2.45, 2.75) is 58.6 Å². The van der Waals surface area contributed by atoms with Gasteiger partial charge >= 0.3 is 12.0 Å². The van der Waals surface area contributed by atoms with E-state index in [4.69, 9.17) is 9.47 Å². The molecule has 9 heteroatoms. The summed E-state index contributed by atoms with van der Waals surface area (Å²) in [5.41, 5.74) is -0.503. The Kier molecular flexibility index (Phi) is 7.79. The van der Waals surface area contributed by atoms with Crippen LogP contribution in [-0.2, 0) is 19.1 Å². The molecule has 0 aliphatic carbocycles. The fourth-order valence-corrected chi connectivity index (χ4v) is 3.05. The molecule has 1 aliphatic rings. The van der Waals surface area contributed by atoms with Crippen molar-refractivity contribution >= 4 is 29.5 Å². The molecule has 1 aromatic rings. The van der Waals surface area contributed by atoms with Crippen LogP contribution in [-0.4, -0.2) is 53.5 Å². The molecule has 30 heavy (non-hydrogen) atoms. The van der Waals surface area contributed by atoms with Crippen molar-refractivity contribution in [3.05, 3.63) is 24.3 Å². The zero-order valence-electron chi connectivity index (χ0n) is 17.8. The average molecular weight is 419 g/mol. The van der Waals surface area contributed by atoms with Gasteiger partial charge in [0.2, 0.25) is 0 Å². The van der Waals surface area contributed by atoms with E-state index in [0.29, 0.717) is 24.5 Å². The Morgan fingerprint density at radius 3 is 2.47 bits per heavy atom. The number of hydrogen-bond acceptors (Lipinski definition) is 6. The molecule has 164 valence electrons. The SMILES string of the molecule is CCCC[C@@]1(C)NC(=O)N(CC(=O)O[C@@H](C)C(=O)Nc2ccc(OCC)cc2)C1=O. The van der Waals surface area contributed by atoms with Crippen LogP contribution >= 0.6 is 0 Å². The summed E-state index contributed by atoms with van der Waals surface area (Å²) < 4.78 is 10.4. The van der Waals surface area contributed by atoms with Gasteiger partial charge in [-0.15, -0.1) is 0 Å². The standard InChI is InChI=1S/C21H29N3O6/c1-5-7-12-21(4)19(27)24(20(28)23-21)13-17(25)30-14(3)18(26)22-15-8-10-16(11-9-15)29-6-2/h8-11,14H,5-7,12-13H2,1-4H3,(H,22,26)(H,23,28)/t14-,21+/m0/s1. The number of nitrogens with zero attached hydrogens (tertiary/aromatic N) is 1. The number of nitrogens with one attached hydrogen (secondary N) is 2. The molecule has 2 rings (SSSR count). The van der Waals surface area contributed by atoms with Crippen LogP contribution in [0.1, 0.15) is 47.0 Å². The van der Waals surface area contributed by atoms with Gasteiger partial charge in [0, 0.05) is 5.69 Å². The molecule has 0 bridgehead atoms. The van der Waals surface area contributed by atoms with Gasteiger partial charge in [-0.3, -0.25) is 19.3 Å². The molecule has 0 aromatic heterocycles. The zero-order valence-corrected chi connectivity index (χ0v) is 17.8. The summed E-state index contributed by atoms with van der Waals surface area (Å²) in [6.45, 7) is 6.90. The molecule has 1 aromatic carbocycles. The van der Waals surface area contributed by atoms with Crippen molar-refractivity contribution in [3.63, 3.8) is 0 Å². The van der Waals surface area contributed by atoms with E-state index >= 15 is 0 Å². The van der Waals surface area contributed by atoms with Gasteiger partial charge < -0.3 is 20.1 Å². The number of amides is 4. The second-order valence-electron chi connectivity index (χ2n) is 7.34. The number of carbonyl (C=O) groups excluding carboxylic acids is 4. The molecular weight excluding hydrogens is 390 g/mol. The van der Waals surface area contributed by atoms with Crippen molar-refractivity contribution in [1.82, 2.24) is 10.2 Å². The first kappa shape index (κ1) is 23.2. The number of carbonyl (C=O) groups is 4. The van der Waals surface area contributed by atoms with Crippen molar-refractivity contribution < 1.29 is 28.7 Å². The lowest BCUT2D eigenvalue weighted by atomic mass is 9.95. The van der Waals surface area contributed by atoms with E-state index in [1.54, 1.807) is 31.2 Å². The second-order valence-corrected chi connectivity index (χ2v) is 7.34. The molecule has 0 saturated carbocycles. The highest BCUT2D eigenvalue weighted by molar-refractivity contribution is 6.08. The number of imide groups is 1. The molecule has 0 radical (unpaired) electrons. The number of anilines is 1. The van der Waals surface area contributed by atoms with Crippen LogP contribution < -0.4 is 15.4 Å². The number of rotatable bonds is 10. The minimum Gasteiger partial charge on any atom is -0.494 e. The third kappa shape index (κ3) is 5.71. The monoisotopic (exact) mass is 419 g/mol. The van der Waals surface area contributed by atoms with Crippen molar-refractivity contribution in [3.8, 4) is 5.75 Å². The number of ether oxygens (including phenoxy) is 2. The maximum atomic E-state index is 12.6. The lowest BCUT2D eigenvalue weighted by Gasteiger charge is -2.21. The van der Waals surface area contributed by atoms with E-state index in [0.717, 1.165) is 17.7 Å². The third-order valence-electron chi connectivity index (χ3n) is 4.77. The molecule has 2 N–H and O–H groups in total. The Morgan fingerprint density at radius 2 is 1.87 bits per heavy atom. The minimum atomic E-state index is -1.10. The van der Waals surface area contributed by atoms with Crippen molar-refractivity contribution in [1.29, 1.82) is 0 Å². The summed E-state index contributed by atoms with van der Waals surface area (Å²) in [6.07, 6.45) is 1.03. The van der Waals surface area contributed by atoms with Crippen LogP contribution in [0.2, 0.25) is 0 Å². The van der Waals surface area contributed by atoms with Crippen LogP contribution in [0.25, 0.3) is 0 Å². The van der Waals surface area contributed by atoms with Gasteiger partial charge in [0.1, 0.15) is 17.8 Å². The lowest BCUT2D eigenvalue weighted by Crippen LogP contribution is -2.44. The van der Waals surface area contributed by atoms with Crippen molar-refractivity contribution in [2.75, 3.05) is 18.5 Å². The summed E-state index contributed by atoms with van der Waals surface area (Å²) in [7, 11) is 0. The normalized spacial score (nSPS) is 19.3. The topological polar surface area (TPSA) is 114 Å². The second kappa shape index (κ2) is 10.1. The van der Waals surface area contributed by atoms with Gasteiger partial charge in [-0.2, -0.15) is 0 Å². The first-order valence-corrected chi connectivity index (χ1v) is 10.1. The molecule has 1 saturated heterocycles. The fraction of sp³-hybridized carbons (Fsp3) is 0.524. The van der Waals surface area contributed by atoms with E-state index in [1.165, 1.54) is 6.92 Å². The molecule has 2 atom stereocenters. The first-order valence-electron chi connectivity index (χ1n) is 10.1. The predicted molar refractivity (Wildman–Crippen MR) is 110 cm³/mol. The highest BCUT2D eigenvalue weighted by Gasteiger charge is 2.48. The Balaban J connectivity index is 1.88. The Labute approximate surface area is 176 Å². The first-order chi connectivity index (χ1) is 14.2. The van der Waals surface area contributed by atoms with Crippen LogP contribution in [0.5, 0.6) is 5.75 Å². The number of esters is 1. The quantitative estimate of drug-likeness (QED) is 0.445. The molecule has 1 fully saturated rings. The molecule has 1 aliphatic heterocycles. The highest BCUT2D eigenvalue weighted by Crippen LogP contribution is 2.23. The van der Waals surface area contributed by atoms with E-state index in [9.17, 15) is 19.2 Å². The maximum Gasteiger partial charge on any atom is 0.327 e. The molecular formula is C21H29N3O6. The number of benzene rings is 1. The average Bonchev–Trinajstić information content (AvgIpc) is 2.91. The van der Waals surface area contributed by atoms with Gasteiger partial charge in [-0.25, -0.2) is 4.79 Å². The number of urea groups is 1. The Morgan fingerprint density at radius 1 is 1.20 bits per heavy atom. The molecule has 1 heterocycles. The molecule has 0 unspecified atom stereocenters. The predicted octanol–water partition coefficient (Wildman–Crippen LogP) is 2.46. The van der Waals surface area contributed by atoms with Crippen LogP contribution in [0.15, 0.2) is 24.3 Å². The zero-order chi connectivity index (χ0) is 22.3. The summed E-state index contributed by atoms with van der Waals surface area (Å²) >= 11 is 0. The highest BCUT2D eigenvalue weighted by atomic mass is 16.5.